The molecule has 1 atom stereocenters. The number of carbonyl (C=O) groups excluding carboxylic acids is 1. The van der Waals surface area contributed by atoms with Crippen LogP contribution >= 0.6 is 23.2 Å². The molecule has 1 unspecified atom stereocenters. The highest BCUT2D eigenvalue weighted by atomic mass is 35.5. The molecule has 1 saturated heterocycles. The zero-order valence-corrected chi connectivity index (χ0v) is 17.3. The maximum Gasteiger partial charge on any atom is 0.307 e. The van der Waals surface area contributed by atoms with E-state index in [0.717, 1.165) is 44.6 Å². The Morgan fingerprint density at radius 1 is 1.32 bits per heavy atom. The molecule has 0 bridgehead atoms. The van der Waals surface area contributed by atoms with Crippen LogP contribution in [0.4, 0.5) is 0 Å². The number of carbonyl (C=O) groups is 1. The second kappa shape index (κ2) is 8.03. The van der Waals surface area contributed by atoms with Crippen molar-refractivity contribution in [2.45, 2.75) is 31.3 Å². The maximum atomic E-state index is 12.2. The van der Waals surface area contributed by atoms with E-state index in [1.807, 2.05) is 12.1 Å². The molecule has 1 saturated carbocycles. The molecule has 150 valence electrons. The van der Waals surface area contributed by atoms with Crippen molar-refractivity contribution in [3.8, 4) is 0 Å². The van der Waals surface area contributed by atoms with Crippen molar-refractivity contribution in [3.05, 3.63) is 52.2 Å². The number of nitrogens with one attached hydrogen (secondary N) is 2. The number of piperazine rings is 1. The standard InChI is InChI=1S/C20H24Cl2N4O2/c1-20(26-8-5-23-6-9-26,15-3-2-4-16(21)17(15)22)13-11-14(12-13)25-18(27)19-24-7-10-28-19/h2-4,7,10,13-14,23H,5-6,8-9,11-12H2,1H3,(H,25,27). The smallest absolute Gasteiger partial charge is 0.307 e. The molecule has 6 nitrogen and oxygen atoms in total. The fourth-order valence-electron chi connectivity index (χ4n) is 4.45. The van der Waals surface area contributed by atoms with Gasteiger partial charge >= 0.3 is 5.91 Å². The fraction of sp³-hybridized carbons (Fsp3) is 0.500. The van der Waals surface area contributed by atoms with Gasteiger partial charge in [0.25, 0.3) is 5.89 Å². The van der Waals surface area contributed by atoms with Crippen LogP contribution in [0.1, 0.15) is 36.0 Å². The van der Waals surface area contributed by atoms with Crippen molar-refractivity contribution in [2.75, 3.05) is 26.2 Å². The maximum absolute atomic E-state index is 12.2. The van der Waals surface area contributed by atoms with Gasteiger partial charge in [-0.2, -0.15) is 0 Å². The average Bonchev–Trinajstić information content (AvgIpc) is 3.21. The summed E-state index contributed by atoms with van der Waals surface area (Å²) >= 11 is 13.0. The van der Waals surface area contributed by atoms with E-state index in [9.17, 15) is 4.79 Å². The Balaban J connectivity index is 1.54. The normalized spacial score (nSPS) is 25.0. The largest absolute Gasteiger partial charge is 0.441 e. The van der Waals surface area contributed by atoms with Crippen LogP contribution in [0.2, 0.25) is 10.0 Å². The first kappa shape index (κ1) is 19.7. The van der Waals surface area contributed by atoms with Crippen LogP contribution in [0, 0.1) is 5.92 Å². The molecule has 2 fully saturated rings. The zero-order valence-electron chi connectivity index (χ0n) is 15.8. The van der Waals surface area contributed by atoms with E-state index in [4.69, 9.17) is 27.6 Å². The van der Waals surface area contributed by atoms with Gasteiger partial charge in [-0.05, 0) is 37.3 Å². The van der Waals surface area contributed by atoms with Crippen molar-refractivity contribution in [1.82, 2.24) is 20.5 Å². The van der Waals surface area contributed by atoms with Crippen molar-refractivity contribution in [3.63, 3.8) is 0 Å². The second-order valence-corrected chi connectivity index (χ2v) is 8.45. The first-order valence-electron chi connectivity index (χ1n) is 9.60. The SMILES string of the molecule is CC(c1cccc(Cl)c1Cl)(C1CC(NC(=O)c2ncco2)C1)N1CCNCC1. The summed E-state index contributed by atoms with van der Waals surface area (Å²) in [5, 5.41) is 7.63. The molecule has 0 spiro atoms. The molecule has 1 aliphatic heterocycles. The Morgan fingerprint density at radius 3 is 2.75 bits per heavy atom. The Labute approximate surface area is 174 Å². The van der Waals surface area contributed by atoms with Crippen molar-refractivity contribution in [1.29, 1.82) is 0 Å². The molecule has 2 aliphatic rings. The van der Waals surface area contributed by atoms with E-state index in [-0.39, 0.29) is 23.4 Å². The summed E-state index contributed by atoms with van der Waals surface area (Å²) in [5.41, 5.74) is 0.819. The number of hydrogen-bond donors (Lipinski definition) is 2. The summed E-state index contributed by atoms with van der Waals surface area (Å²) in [5.74, 6) is 0.195. The molecule has 4 rings (SSSR count). The molecule has 1 amide bonds. The third-order valence-electron chi connectivity index (χ3n) is 6.17. The molecule has 1 aromatic carbocycles. The number of benzene rings is 1. The number of aromatic nitrogens is 1. The van der Waals surface area contributed by atoms with Crippen LogP contribution < -0.4 is 10.6 Å². The van der Waals surface area contributed by atoms with E-state index >= 15 is 0 Å². The van der Waals surface area contributed by atoms with E-state index in [1.165, 1.54) is 12.5 Å². The predicted octanol–water partition coefficient (Wildman–Crippen LogP) is 3.31. The Hall–Kier alpha value is -1.60. The lowest BCUT2D eigenvalue weighted by atomic mass is 9.65. The van der Waals surface area contributed by atoms with E-state index in [0.29, 0.717) is 16.0 Å². The molecule has 28 heavy (non-hydrogen) atoms. The van der Waals surface area contributed by atoms with Crippen LogP contribution in [0.25, 0.3) is 0 Å². The quantitative estimate of drug-likeness (QED) is 0.773. The topological polar surface area (TPSA) is 70.4 Å². The van der Waals surface area contributed by atoms with Crippen LogP contribution in [-0.2, 0) is 5.54 Å². The third-order valence-corrected chi connectivity index (χ3v) is 6.98. The molecule has 1 aromatic heterocycles. The van der Waals surface area contributed by atoms with Crippen LogP contribution in [0.3, 0.4) is 0 Å². The van der Waals surface area contributed by atoms with Gasteiger partial charge in [-0.1, -0.05) is 35.3 Å². The lowest BCUT2D eigenvalue weighted by Crippen LogP contribution is -2.61. The molecule has 0 radical (unpaired) electrons. The molecule has 8 heteroatoms. The molecular formula is C20H24Cl2N4O2. The number of rotatable bonds is 5. The van der Waals surface area contributed by atoms with Gasteiger partial charge in [-0.15, -0.1) is 0 Å². The monoisotopic (exact) mass is 422 g/mol. The second-order valence-electron chi connectivity index (χ2n) is 7.66. The van der Waals surface area contributed by atoms with Crippen molar-refractivity contribution >= 4 is 29.1 Å². The predicted molar refractivity (Wildman–Crippen MR) is 109 cm³/mol. The first-order chi connectivity index (χ1) is 13.5. The highest BCUT2D eigenvalue weighted by Crippen LogP contribution is 2.49. The molecule has 2 heterocycles. The minimum Gasteiger partial charge on any atom is -0.441 e. The summed E-state index contributed by atoms with van der Waals surface area (Å²) in [6, 6.07) is 5.97. The van der Waals surface area contributed by atoms with Crippen molar-refractivity contribution < 1.29 is 9.21 Å². The first-order valence-corrected chi connectivity index (χ1v) is 10.4. The van der Waals surface area contributed by atoms with Gasteiger partial charge in [-0.3, -0.25) is 9.69 Å². The van der Waals surface area contributed by atoms with Gasteiger partial charge in [0, 0.05) is 37.8 Å². The summed E-state index contributed by atoms with van der Waals surface area (Å²) < 4.78 is 5.08. The minimum atomic E-state index is -0.266. The molecule has 1 aliphatic carbocycles. The zero-order chi connectivity index (χ0) is 19.7. The Morgan fingerprint density at radius 2 is 2.07 bits per heavy atom. The van der Waals surface area contributed by atoms with E-state index < -0.39 is 0 Å². The lowest BCUT2D eigenvalue weighted by molar-refractivity contribution is -0.0150. The number of oxazole rings is 1. The number of nitrogens with zero attached hydrogens (tertiary/aromatic N) is 2. The van der Waals surface area contributed by atoms with Crippen LogP contribution in [-0.4, -0.2) is 48.0 Å². The Kier molecular flexibility index (Phi) is 5.65. The molecular weight excluding hydrogens is 399 g/mol. The van der Waals surface area contributed by atoms with E-state index in [1.54, 1.807) is 0 Å². The van der Waals surface area contributed by atoms with Gasteiger partial charge in [-0.25, -0.2) is 4.98 Å². The highest BCUT2D eigenvalue weighted by Gasteiger charge is 2.49. The number of amides is 1. The number of hydrogen-bond acceptors (Lipinski definition) is 5. The third kappa shape index (κ3) is 3.54. The summed E-state index contributed by atoms with van der Waals surface area (Å²) in [7, 11) is 0. The van der Waals surface area contributed by atoms with Gasteiger partial charge < -0.3 is 15.1 Å². The molecule has 2 aromatic rings. The van der Waals surface area contributed by atoms with Gasteiger partial charge in [0.1, 0.15) is 6.26 Å². The van der Waals surface area contributed by atoms with Gasteiger partial charge in [0.05, 0.1) is 16.2 Å². The lowest BCUT2D eigenvalue weighted by Gasteiger charge is -2.54. The highest BCUT2D eigenvalue weighted by molar-refractivity contribution is 6.42. The van der Waals surface area contributed by atoms with Gasteiger partial charge in [0.2, 0.25) is 0 Å². The fourth-order valence-corrected chi connectivity index (χ4v) is 4.94. The van der Waals surface area contributed by atoms with Crippen LogP contribution in [0.15, 0.2) is 35.1 Å². The summed E-state index contributed by atoms with van der Waals surface area (Å²) in [6.07, 6.45) is 4.62. The Bertz CT molecular complexity index is 833. The average molecular weight is 423 g/mol. The summed E-state index contributed by atoms with van der Waals surface area (Å²) in [4.78, 5) is 18.6. The van der Waals surface area contributed by atoms with Gasteiger partial charge in [0.15, 0.2) is 0 Å². The van der Waals surface area contributed by atoms with Crippen molar-refractivity contribution in [2.24, 2.45) is 5.92 Å². The van der Waals surface area contributed by atoms with E-state index in [2.05, 4.69) is 33.5 Å². The minimum absolute atomic E-state index is 0.101. The molecule has 2 N–H and O–H groups in total. The van der Waals surface area contributed by atoms with Crippen LogP contribution in [0.5, 0.6) is 0 Å². The number of halogens is 2. The summed E-state index contributed by atoms with van der Waals surface area (Å²) in [6.45, 7) is 6.05.